The molecule has 9 heteroatoms. The molecule has 24 heavy (non-hydrogen) atoms. The maximum atomic E-state index is 11.8. The van der Waals surface area contributed by atoms with Gasteiger partial charge < -0.3 is 15.2 Å². The fourth-order valence-corrected chi connectivity index (χ4v) is 2.58. The van der Waals surface area contributed by atoms with Crippen LogP contribution in [0.3, 0.4) is 0 Å². The van der Waals surface area contributed by atoms with E-state index in [1.54, 1.807) is 31.2 Å². The Hall–Kier alpha value is -2.06. The molecule has 0 atom stereocenters. The van der Waals surface area contributed by atoms with Crippen LogP contribution in [0.15, 0.2) is 28.8 Å². The van der Waals surface area contributed by atoms with Crippen molar-refractivity contribution in [1.82, 2.24) is 20.8 Å². The fourth-order valence-electron chi connectivity index (χ4n) is 1.77. The van der Waals surface area contributed by atoms with E-state index >= 15 is 0 Å². The van der Waals surface area contributed by atoms with Gasteiger partial charge in [0.2, 0.25) is 11.8 Å². The van der Waals surface area contributed by atoms with E-state index in [0.29, 0.717) is 46.9 Å². The molecule has 2 aromatic rings. The monoisotopic (exact) mass is 368 g/mol. The van der Waals surface area contributed by atoms with Crippen LogP contribution in [0.2, 0.25) is 5.02 Å². The van der Waals surface area contributed by atoms with Gasteiger partial charge in [-0.05, 0) is 24.3 Å². The Morgan fingerprint density at radius 3 is 2.58 bits per heavy atom. The third kappa shape index (κ3) is 6.21. The third-order valence-electron chi connectivity index (χ3n) is 2.87. The fraction of sp³-hybridized carbons (Fsp3) is 0.333. The summed E-state index contributed by atoms with van der Waals surface area (Å²) in [6.45, 7) is 2.42. The number of benzene rings is 1. The van der Waals surface area contributed by atoms with Gasteiger partial charge >= 0.3 is 0 Å². The lowest BCUT2D eigenvalue weighted by Crippen LogP contribution is -2.35. The molecule has 1 heterocycles. The second kappa shape index (κ2) is 9.29. The summed E-state index contributed by atoms with van der Waals surface area (Å²) in [5.41, 5.74) is 0.525. The highest BCUT2D eigenvalue weighted by Crippen LogP contribution is 2.09. The van der Waals surface area contributed by atoms with Gasteiger partial charge in [0.25, 0.3) is 5.91 Å². The summed E-state index contributed by atoms with van der Waals surface area (Å²) in [5, 5.41) is 9.78. The molecule has 2 N–H and O–H groups in total. The average Bonchev–Trinajstić information content (AvgIpc) is 2.97. The molecular weight excluding hydrogens is 352 g/mol. The summed E-state index contributed by atoms with van der Waals surface area (Å²) in [5.74, 6) is 1.56. The van der Waals surface area contributed by atoms with Crippen LogP contribution in [0.5, 0.6) is 0 Å². The number of carbonyl (C=O) groups excluding carboxylic acids is 2. The Kier molecular flexibility index (Phi) is 7.07. The number of rotatable bonds is 8. The van der Waals surface area contributed by atoms with Crippen LogP contribution in [0.25, 0.3) is 0 Å². The van der Waals surface area contributed by atoms with Crippen molar-refractivity contribution in [1.29, 1.82) is 0 Å². The quantitative estimate of drug-likeness (QED) is 0.690. The lowest BCUT2D eigenvalue weighted by molar-refractivity contribution is -0.118. The maximum Gasteiger partial charge on any atom is 0.251 e. The van der Waals surface area contributed by atoms with Crippen molar-refractivity contribution < 1.29 is 14.1 Å². The van der Waals surface area contributed by atoms with Gasteiger partial charge in [-0.15, -0.1) is 11.8 Å². The number of hydrogen-bond acceptors (Lipinski definition) is 6. The largest absolute Gasteiger partial charge is 0.354 e. The van der Waals surface area contributed by atoms with E-state index in [1.165, 1.54) is 11.8 Å². The lowest BCUT2D eigenvalue weighted by atomic mass is 10.2. The maximum absolute atomic E-state index is 11.8. The van der Waals surface area contributed by atoms with E-state index in [-0.39, 0.29) is 11.8 Å². The number of aromatic nitrogens is 2. The summed E-state index contributed by atoms with van der Waals surface area (Å²) >= 11 is 7.16. The molecule has 0 radical (unpaired) electrons. The molecule has 2 amide bonds. The molecule has 0 saturated carbocycles. The van der Waals surface area contributed by atoms with E-state index in [0.717, 1.165) is 0 Å². The molecule has 0 aliphatic carbocycles. The van der Waals surface area contributed by atoms with Crippen molar-refractivity contribution in [3.05, 3.63) is 46.6 Å². The third-order valence-corrected chi connectivity index (χ3v) is 4.05. The first kappa shape index (κ1) is 18.3. The minimum Gasteiger partial charge on any atom is -0.354 e. The normalized spacial score (nSPS) is 10.4. The molecule has 1 aromatic carbocycles. The highest BCUT2D eigenvalue weighted by molar-refractivity contribution is 7.99. The summed E-state index contributed by atoms with van der Waals surface area (Å²) in [6, 6.07) is 6.60. The van der Waals surface area contributed by atoms with Gasteiger partial charge in [0.05, 0.1) is 11.5 Å². The zero-order valence-electron chi connectivity index (χ0n) is 13.0. The average molecular weight is 369 g/mol. The number of halogens is 1. The van der Waals surface area contributed by atoms with E-state index in [4.69, 9.17) is 16.1 Å². The van der Waals surface area contributed by atoms with Crippen LogP contribution in [0.1, 0.15) is 22.1 Å². The van der Waals surface area contributed by atoms with Crippen LogP contribution >= 0.6 is 23.4 Å². The van der Waals surface area contributed by atoms with Crippen LogP contribution in [-0.2, 0) is 10.5 Å². The number of nitrogens with one attached hydrogen (secondary N) is 2. The highest BCUT2D eigenvalue weighted by Gasteiger charge is 2.07. The molecule has 0 fully saturated rings. The minimum atomic E-state index is -0.206. The lowest BCUT2D eigenvalue weighted by Gasteiger charge is -2.07. The smallest absolute Gasteiger partial charge is 0.251 e. The predicted molar refractivity (Wildman–Crippen MR) is 92.0 cm³/mol. The van der Waals surface area contributed by atoms with Crippen LogP contribution in [-0.4, -0.2) is 40.8 Å². The standard InChI is InChI=1S/C15H17ClN4O3S/c1-10-19-13(20-23-10)8-24-9-14(21)17-6-7-18-15(22)11-2-4-12(16)5-3-11/h2-5H,6-9H2,1H3,(H,17,21)(H,18,22). The van der Waals surface area contributed by atoms with Crippen molar-refractivity contribution in [3.8, 4) is 0 Å². The van der Waals surface area contributed by atoms with E-state index in [9.17, 15) is 9.59 Å². The molecule has 0 unspecified atom stereocenters. The Morgan fingerprint density at radius 2 is 1.92 bits per heavy atom. The van der Waals surface area contributed by atoms with Crippen LogP contribution < -0.4 is 10.6 Å². The van der Waals surface area contributed by atoms with E-state index in [2.05, 4.69) is 20.8 Å². The second-order valence-electron chi connectivity index (χ2n) is 4.84. The molecule has 0 aliphatic rings. The Bertz CT molecular complexity index is 690. The van der Waals surface area contributed by atoms with Gasteiger partial charge in [0, 0.05) is 30.6 Å². The summed E-state index contributed by atoms with van der Waals surface area (Å²) in [6.07, 6.45) is 0. The summed E-state index contributed by atoms with van der Waals surface area (Å²) < 4.78 is 4.84. The van der Waals surface area contributed by atoms with Crippen molar-refractivity contribution in [3.63, 3.8) is 0 Å². The molecule has 128 valence electrons. The Labute approximate surface area is 148 Å². The zero-order valence-corrected chi connectivity index (χ0v) is 14.6. The highest BCUT2D eigenvalue weighted by atomic mass is 35.5. The van der Waals surface area contributed by atoms with Gasteiger partial charge in [-0.25, -0.2) is 0 Å². The first-order valence-electron chi connectivity index (χ1n) is 7.22. The van der Waals surface area contributed by atoms with Gasteiger partial charge in [-0.3, -0.25) is 9.59 Å². The van der Waals surface area contributed by atoms with Crippen molar-refractivity contribution >= 4 is 35.2 Å². The zero-order chi connectivity index (χ0) is 17.4. The first-order valence-corrected chi connectivity index (χ1v) is 8.75. The summed E-state index contributed by atoms with van der Waals surface area (Å²) in [4.78, 5) is 27.6. The Balaban J connectivity index is 1.57. The van der Waals surface area contributed by atoms with Crippen molar-refractivity contribution in [2.24, 2.45) is 0 Å². The van der Waals surface area contributed by atoms with Gasteiger partial charge in [0.15, 0.2) is 5.82 Å². The van der Waals surface area contributed by atoms with Gasteiger partial charge in [0.1, 0.15) is 0 Å². The molecule has 0 saturated heterocycles. The van der Waals surface area contributed by atoms with E-state index < -0.39 is 0 Å². The van der Waals surface area contributed by atoms with Gasteiger partial charge in [-0.1, -0.05) is 16.8 Å². The van der Waals surface area contributed by atoms with Crippen LogP contribution in [0.4, 0.5) is 0 Å². The van der Waals surface area contributed by atoms with Gasteiger partial charge in [-0.2, -0.15) is 4.98 Å². The first-order chi connectivity index (χ1) is 11.5. The topological polar surface area (TPSA) is 97.1 Å². The van der Waals surface area contributed by atoms with Crippen molar-refractivity contribution in [2.45, 2.75) is 12.7 Å². The molecule has 0 spiro atoms. The number of hydrogen-bond donors (Lipinski definition) is 2. The number of carbonyl (C=O) groups is 2. The van der Waals surface area contributed by atoms with Crippen molar-refractivity contribution in [2.75, 3.05) is 18.8 Å². The Morgan fingerprint density at radius 1 is 1.21 bits per heavy atom. The number of thioether (sulfide) groups is 1. The SMILES string of the molecule is Cc1nc(CSCC(=O)NCCNC(=O)c2ccc(Cl)cc2)no1. The molecule has 0 aliphatic heterocycles. The molecule has 0 bridgehead atoms. The summed E-state index contributed by atoms with van der Waals surface area (Å²) in [7, 11) is 0. The number of amides is 2. The minimum absolute atomic E-state index is 0.110. The number of aryl methyl sites for hydroxylation is 1. The molecule has 1 aromatic heterocycles. The molecule has 7 nitrogen and oxygen atoms in total. The second-order valence-corrected chi connectivity index (χ2v) is 6.26. The molecular formula is C15H17ClN4O3S. The number of nitrogens with zero attached hydrogens (tertiary/aromatic N) is 2. The molecule has 2 rings (SSSR count). The van der Waals surface area contributed by atoms with Crippen LogP contribution in [0, 0.1) is 6.92 Å². The predicted octanol–water partition coefficient (Wildman–Crippen LogP) is 1.81. The van der Waals surface area contributed by atoms with E-state index in [1.807, 2.05) is 0 Å².